The van der Waals surface area contributed by atoms with E-state index < -0.39 is 22.9 Å². The minimum Gasteiger partial charge on any atom is -0.456 e. The predicted octanol–water partition coefficient (Wildman–Crippen LogP) is 1.38. The SMILES string of the molecule is CC(=O)OC1([C@@H](O)C(=O)Cl)CCCCC1. The summed E-state index contributed by atoms with van der Waals surface area (Å²) in [6.07, 6.45) is 2.25. The first kappa shape index (κ1) is 12.5. The summed E-state index contributed by atoms with van der Waals surface area (Å²) >= 11 is 5.25. The van der Waals surface area contributed by atoms with Crippen molar-refractivity contribution >= 4 is 22.8 Å². The molecule has 1 N–H and O–H groups in total. The fraction of sp³-hybridized carbons (Fsp3) is 0.800. The van der Waals surface area contributed by atoms with Crippen LogP contribution in [-0.2, 0) is 14.3 Å². The summed E-state index contributed by atoms with van der Waals surface area (Å²) in [5, 5.41) is 8.83. The molecule has 0 aromatic carbocycles. The third kappa shape index (κ3) is 2.92. The molecule has 0 saturated heterocycles. The van der Waals surface area contributed by atoms with Crippen LogP contribution in [0.5, 0.6) is 0 Å². The number of ether oxygens (including phenoxy) is 1. The summed E-state index contributed by atoms with van der Waals surface area (Å²) in [7, 11) is 0. The van der Waals surface area contributed by atoms with E-state index in [1.165, 1.54) is 6.92 Å². The number of aliphatic hydroxyl groups excluding tert-OH is 1. The summed E-state index contributed by atoms with van der Waals surface area (Å²) in [6, 6.07) is 0. The van der Waals surface area contributed by atoms with E-state index in [1.807, 2.05) is 0 Å². The van der Waals surface area contributed by atoms with Crippen LogP contribution in [0.1, 0.15) is 39.0 Å². The lowest BCUT2D eigenvalue weighted by atomic mass is 9.81. The standard InChI is InChI=1S/C10H15ClO4/c1-7(12)15-10(8(13)9(11)14)5-3-2-4-6-10/h8,13H,2-6H2,1H3/t8-/m0/s1. The molecule has 0 aromatic heterocycles. The van der Waals surface area contributed by atoms with E-state index in [-0.39, 0.29) is 0 Å². The summed E-state index contributed by atoms with van der Waals surface area (Å²) in [5.74, 6) is -0.492. The van der Waals surface area contributed by atoms with Gasteiger partial charge in [0.25, 0.3) is 5.24 Å². The van der Waals surface area contributed by atoms with Crippen LogP contribution < -0.4 is 0 Å². The third-order valence-electron chi connectivity index (χ3n) is 2.76. The number of carbonyl (C=O) groups is 2. The van der Waals surface area contributed by atoms with Crippen LogP contribution in [0, 0.1) is 0 Å². The van der Waals surface area contributed by atoms with Gasteiger partial charge in [-0.15, -0.1) is 0 Å². The lowest BCUT2D eigenvalue weighted by Gasteiger charge is -2.38. The van der Waals surface area contributed by atoms with E-state index in [0.717, 1.165) is 19.3 Å². The van der Waals surface area contributed by atoms with Crippen molar-refractivity contribution in [3.63, 3.8) is 0 Å². The van der Waals surface area contributed by atoms with Gasteiger partial charge >= 0.3 is 5.97 Å². The van der Waals surface area contributed by atoms with Crippen molar-refractivity contribution in [3.05, 3.63) is 0 Å². The second-order valence-electron chi connectivity index (χ2n) is 3.93. The quantitative estimate of drug-likeness (QED) is 0.592. The zero-order chi connectivity index (χ0) is 11.5. The molecule has 1 aliphatic carbocycles. The van der Waals surface area contributed by atoms with Crippen molar-refractivity contribution < 1.29 is 19.4 Å². The summed E-state index contributed by atoms with van der Waals surface area (Å²) in [5.41, 5.74) is -1.09. The van der Waals surface area contributed by atoms with E-state index in [4.69, 9.17) is 16.3 Å². The van der Waals surface area contributed by atoms with Gasteiger partial charge in [0.2, 0.25) is 0 Å². The molecular weight excluding hydrogens is 220 g/mol. The predicted molar refractivity (Wildman–Crippen MR) is 54.4 cm³/mol. The van der Waals surface area contributed by atoms with Gasteiger partial charge in [0.05, 0.1) is 0 Å². The second-order valence-corrected chi connectivity index (χ2v) is 4.30. The minimum absolute atomic E-state index is 0.492. The number of hydrogen-bond donors (Lipinski definition) is 1. The fourth-order valence-corrected chi connectivity index (χ4v) is 2.27. The smallest absolute Gasteiger partial charge is 0.303 e. The molecule has 1 saturated carbocycles. The lowest BCUT2D eigenvalue weighted by Crippen LogP contribution is -2.50. The van der Waals surface area contributed by atoms with Gasteiger partial charge in [-0.1, -0.05) is 6.42 Å². The molecule has 0 spiro atoms. The molecule has 0 radical (unpaired) electrons. The molecule has 0 aromatic rings. The molecule has 1 atom stereocenters. The Labute approximate surface area is 93.6 Å². The minimum atomic E-state index is -1.41. The van der Waals surface area contributed by atoms with Gasteiger partial charge in [-0.2, -0.15) is 0 Å². The third-order valence-corrected chi connectivity index (χ3v) is 2.97. The first-order valence-corrected chi connectivity index (χ1v) is 5.43. The maximum atomic E-state index is 11.0. The number of rotatable bonds is 3. The Morgan fingerprint density at radius 3 is 2.27 bits per heavy atom. The van der Waals surface area contributed by atoms with Crippen LogP contribution >= 0.6 is 11.6 Å². The van der Waals surface area contributed by atoms with E-state index >= 15 is 0 Å². The number of aliphatic hydroxyl groups is 1. The molecule has 0 aliphatic heterocycles. The molecular formula is C10H15ClO4. The Bertz CT molecular complexity index is 258. The first-order chi connectivity index (χ1) is 6.98. The number of esters is 1. The number of hydrogen-bond acceptors (Lipinski definition) is 4. The van der Waals surface area contributed by atoms with E-state index in [0.29, 0.717) is 12.8 Å². The Morgan fingerprint density at radius 1 is 1.33 bits per heavy atom. The molecule has 15 heavy (non-hydrogen) atoms. The molecule has 1 aliphatic rings. The van der Waals surface area contributed by atoms with E-state index in [1.54, 1.807) is 0 Å². The highest BCUT2D eigenvalue weighted by atomic mass is 35.5. The van der Waals surface area contributed by atoms with Crippen LogP contribution in [0.2, 0.25) is 0 Å². The Morgan fingerprint density at radius 2 is 1.87 bits per heavy atom. The Hall–Kier alpha value is -0.610. The van der Waals surface area contributed by atoms with Gasteiger partial charge in [-0.05, 0) is 37.3 Å². The molecule has 1 fully saturated rings. The topological polar surface area (TPSA) is 63.6 Å². The van der Waals surface area contributed by atoms with Crippen LogP contribution in [-0.4, -0.2) is 28.0 Å². The van der Waals surface area contributed by atoms with Crippen molar-refractivity contribution in [1.29, 1.82) is 0 Å². The van der Waals surface area contributed by atoms with Crippen LogP contribution in [0.15, 0.2) is 0 Å². The van der Waals surface area contributed by atoms with Gasteiger partial charge in [0.15, 0.2) is 6.10 Å². The van der Waals surface area contributed by atoms with E-state index in [2.05, 4.69) is 0 Å². The van der Waals surface area contributed by atoms with Crippen molar-refractivity contribution in [2.24, 2.45) is 0 Å². The van der Waals surface area contributed by atoms with Crippen LogP contribution in [0.3, 0.4) is 0 Å². The summed E-state index contributed by atoms with van der Waals surface area (Å²) in [6.45, 7) is 1.27. The first-order valence-electron chi connectivity index (χ1n) is 5.05. The Balaban J connectivity index is 2.83. The Kier molecular flexibility index (Phi) is 4.11. The summed E-state index contributed by atoms with van der Waals surface area (Å²) in [4.78, 5) is 21.9. The van der Waals surface area contributed by atoms with Crippen LogP contribution in [0.25, 0.3) is 0 Å². The zero-order valence-electron chi connectivity index (χ0n) is 8.66. The van der Waals surface area contributed by atoms with Crippen molar-refractivity contribution in [1.82, 2.24) is 0 Å². The fourth-order valence-electron chi connectivity index (χ4n) is 2.07. The maximum absolute atomic E-state index is 11.0. The molecule has 0 amide bonds. The normalized spacial score (nSPS) is 21.8. The number of halogens is 1. The van der Waals surface area contributed by atoms with Crippen molar-refractivity contribution in [3.8, 4) is 0 Å². The zero-order valence-corrected chi connectivity index (χ0v) is 9.42. The molecule has 0 bridgehead atoms. The molecule has 4 nitrogen and oxygen atoms in total. The molecule has 0 unspecified atom stereocenters. The van der Waals surface area contributed by atoms with Gasteiger partial charge in [-0.25, -0.2) is 0 Å². The molecule has 1 rings (SSSR count). The average molecular weight is 235 g/mol. The second kappa shape index (κ2) is 4.94. The van der Waals surface area contributed by atoms with Crippen molar-refractivity contribution in [2.75, 3.05) is 0 Å². The van der Waals surface area contributed by atoms with Gasteiger partial charge < -0.3 is 9.84 Å². The molecule has 86 valence electrons. The molecule has 5 heteroatoms. The van der Waals surface area contributed by atoms with E-state index in [9.17, 15) is 14.7 Å². The highest BCUT2D eigenvalue weighted by molar-refractivity contribution is 6.64. The van der Waals surface area contributed by atoms with Crippen molar-refractivity contribution in [2.45, 2.75) is 50.7 Å². The lowest BCUT2D eigenvalue weighted by molar-refractivity contribution is -0.177. The largest absolute Gasteiger partial charge is 0.456 e. The average Bonchev–Trinajstić information content (AvgIpc) is 2.16. The number of carbonyl (C=O) groups excluding carboxylic acids is 2. The molecule has 0 heterocycles. The monoisotopic (exact) mass is 234 g/mol. The van der Waals surface area contributed by atoms with Gasteiger partial charge in [0.1, 0.15) is 5.60 Å². The highest BCUT2D eigenvalue weighted by Gasteiger charge is 2.45. The van der Waals surface area contributed by atoms with Gasteiger partial charge in [0, 0.05) is 6.92 Å². The maximum Gasteiger partial charge on any atom is 0.303 e. The van der Waals surface area contributed by atoms with Crippen LogP contribution in [0.4, 0.5) is 0 Å². The highest BCUT2D eigenvalue weighted by Crippen LogP contribution is 2.35. The van der Waals surface area contributed by atoms with Gasteiger partial charge in [-0.3, -0.25) is 9.59 Å². The summed E-state index contributed by atoms with van der Waals surface area (Å²) < 4.78 is 5.11.